The molecule has 0 spiro atoms. The van der Waals surface area contributed by atoms with E-state index in [1.807, 2.05) is 0 Å². The molecule has 0 heterocycles. The molecule has 0 nitrogen and oxygen atoms in total. The summed E-state index contributed by atoms with van der Waals surface area (Å²) in [6, 6.07) is 11.8. The molecule has 0 N–H and O–H groups in total. The predicted molar refractivity (Wildman–Crippen MR) is 62.9 cm³/mol. The van der Waals surface area contributed by atoms with Crippen LogP contribution in [0.3, 0.4) is 0 Å². The zero-order chi connectivity index (χ0) is 9.90. The van der Waals surface area contributed by atoms with Crippen LogP contribution >= 0.6 is 0 Å². The fourth-order valence-corrected chi connectivity index (χ4v) is 4.17. The van der Waals surface area contributed by atoms with E-state index in [4.69, 9.17) is 0 Å². The van der Waals surface area contributed by atoms with E-state index in [9.17, 15) is 0 Å². The molecular weight excluding hydrogens is 236 g/mol. The van der Waals surface area contributed by atoms with E-state index in [2.05, 4.69) is 56.9 Å². The summed E-state index contributed by atoms with van der Waals surface area (Å²) in [5, 5.41) is 1.49. The summed E-state index contributed by atoms with van der Waals surface area (Å²) in [7, 11) is -1.30. The van der Waals surface area contributed by atoms with E-state index in [1.165, 1.54) is 5.19 Å². The van der Waals surface area contributed by atoms with E-state index in [0.29, 0.717) is 0 Å². The van der Waals surface area contributed by atoms with Crippen molar-refractivity contribution in [1.82, 2.24) is 0 Å². The van der Waals surface area contributed by atoms with Gasteiger partial charge in [-0.1, -0.05) is 54.7 Å². The first-order chi connectivity index (χ1) is 6.02. The van der Waals surface area contributed by atoms with Crippen molar-refractivity contribution in [2.45, 2.75) is 19.1 Å². The van der Waals surface area contributed by atoms with Gasteiger partial charge in [-0.3, -0.25) is 0 Å². The number of rotatable bonds is 3. The Kier molecular flexibility index (Phi) is 5.28. The van der Waals surface area contributed by atoms with Crippen molar-refractivity contribution < 1.29 is 17.1 Å². The number of allylic oxidation sites excluding steroid dienone is 1. The molecule has 0 aromatic heterocycles. The smallest absolute Gasteiger partial charge is 0.242 e. The van der Waals surface area contributed by atoms with Gasteiger partial charge in [0.2, 0.25) is 0 Å². The summed E-state index contributed by atoms with van der Waals surface area (Å²) in [4.78, 5) is 0. The van der Waals surface area contributed by atoms with Gasteiger partial charge in [0.1, 0.15) is 0 Å². The second-order valence-corrected chi connectivity index (χ2v) is 8.88. The Labute approximate surface area is 98.9 Å². The number of hydrogen-bond donors (Lipinski definition) is 0. The van der Waals surface area contributed by atoms with Crippen LogP contribution in [0.5, 0.6) is 0 Å². The van der Waals surface area contributed by atoms with E-state index >= 15 is 0 Å². The van der Waals surface area contributed by atoms with Crippen LogP contribution in [0, 0.1) is 6.92 Å². The van der Waals surface area contributed by atoms with Crippen LogP contribution in [0.25, 0.3) is 0 Å². The molecular formula is C12H17CuSi. The van der Waals surface area contributed by atoms with Crippen LogP contribution in [0.4, 0.5) is 0 Å². The number of hydrogen-bond acceptors (Lipinski definition) is 0. The van der Waals surface area contributed by atoms with Crippen LogP contribution in [0.1, 0.15) is 0 Å². The van der Waals surface area contributed by atoms with Crippen molar-refractivity contribution in [3.63, 3.8) is 0 Å². The van der Waals surface area contributed by atoms with Crippen molar-refractivity contribution >= 4 is 13.3 Å². The van der Waals surface area contributed by atoms with Crippen LogP contribution in [-0.2, 0) is 17.1 Å². The van der Waals surface area contributed by atoms with Crippen LogP contribution < -0.4 is 5.19 Å². The third kappa shape index (κ3) is 3.75. The average Bonchev–Trinajstić information content (AvgIpc) is 2.04. The van der Waals surface area contributed by atoms with Crippen molar-refractivity contribution in [3.8, 4) is 0 Å². The Morgan fingerprint density at radius 3 is 2.21 bits per heavy atom. The van der Waals surface area contributed by atoms with E-state index in [0.717, 1.165) is 11.6 Å². The molecule has 0 radical (unpaired) electrons. The number of benzene rings is 1. The summed E-state index contributed by atoms with van der Waals surface area (Å²) < 4.78 is 0. The molecule has 2 heteroatoms. The second kappa shape index (κ2) is 5.45. The van der Waals surface area contributed by atoms with Gasteiger partial charge in [0, 0.05) is 0 Å². The fraction of sp³-hybridized carbons (Fsp3) is 0.250. The minimum Gasteiger partial charge on any atom is -0.242 e. The molecule has 0 fully saturated rings. The summed E-state index contributed by atoms with van der Waals surface area (Å²) in [5.41, 5.74) is 1.06. The third-order valence-corrected chi connectivity index (χ3v) is 5.53. The van der Waals surface area contributed by atoms with Gasteiger partial charge in [-0.2, -0.15) is 0 Å². The Bertz CT molecular complexity index is 290. The average molecular weight is 253 g/mol. The summed E-state index contributed by atoms with van der Waals surface area (Å²) in [6.07, 6.45) is 0. The molecule has 0 saturated heterocycles. The Morgan fingerprint density at radius 2 is 1.79 bits per heavy atom. The quantitative estimate of drug-likeness (QED) is 0.573. The van der Waals surface area contributed by atoms with E-state index in [-0.39, 0.29) is 17.1 Å². The summed E-state index contributed by atoms with van der Waals surface area (Å²) in [6.45, 7) is 12.5. The van der Waals surface area contributed by atoms with Gasteiger partial charge in [-0.15, -0.1) is 0 Å². The van der Waals surface area contributed by atoms with Gasteiger partial charge < -0.3 is 0 Å². The molecule has 1 aromatic rings. The third-order valence-electron chi connectivity index (χ3n) is 2.25. The molecule has 0 aliphatic heterocycles. The molecule has 80 valence electrons. The Balaban J connectivity index is 0.00000169. The summed E-state index contributed by atoms with van der Waals surface area (Å²) >= 11 is 0. The largest absolute Gasteiger partial charge is 1.00 e. The maximum Gasteiger partial charge on any atom is 1.00 e. The molecule has 0 saturated carbocycles. The molecule has 14 heavy (non-hydrogen) atoms. The maximum absolute atomic E-state index is 3.89. The van der Waals surface area contributed by atoms with Crippen LogP contribution in [0.2, 0.25) is 19.1 Å². The Morgan fingerprint density at radius 1 is 1.29 bits per heavy atom. The first-order valence-electron chi connectivity index (χ1n) is 4.57. The van der Waals surface area contributed by atoms with Crippen molar-refractivity contribution in [2.75, 3.05) is 0 Å². The molecule has 0 amide bonds. The monoisotopic (exact) mass is 252 g/mol. The van der Waals surface area contributed by atoms with E-state index in [1.54, 1.807) is 0 Å². The van der Waals surface area contributed by atoms with Gasteiger partial charge in [-0.25, -0.2) is 19.1 Å². The zero-order valence-electron chi connectivity index (χ0n) is 8.81. The van der Waals surface area contributed by atoms with Crippen molar-refractivity contribution in [3.05, 3.63) is 49.4 Å². The van der Waals surface area contributed by atoms with Crippen LogP contribution in [-0.4, -0.2) is 8.07 Å². The van der Waals surface area contributed by atoms with Gasteiger partial charge >= 0.3 is 17.1 Å². The summed E-state index contributed by atoms with van der Waals surface area (Å²) in [5.74, 6) is 0. The molecule has 0 atom stereocenters. The van der Waals surface area contributed by atoms with E-state index < -0.39 is 8.07 Å². The van der Waals surface area contributed by atoms with Gasteiger partial charge in [0.15, 0.2) is 0 Å². The van der Waals surface area contributed by atoms with Crippen molar-refractivity contribution in [1.29, 1.82) is 0 Å². The standard InChI is InChI=1S/C12H17Si.Cu/c1-11(2)10-13(3,4)12-8-6-5-7-9-12;/h5-9H,1-2,10H2,3-4H3;/q-1;+1. The molecule has 0 aliphatic rings. The van der Waals surface area contributed by atoms with Gasteiger partial charge in [0.05, 0.1) is 8.07 Å². The maximum atomic E-state index is 3.89. The second-order valence-electron chi connectivity index (χ2n) is 4.18. The zero-order valence-corrected chi connectivity index (χ0v) is 10.8. The molecule has 0 unspecified atom stereocenters. The molecule has 1 aromatic carbocycles. The van der Waals surface area contributed by atoms with Crippen LogP contribution in [0.15, 0.2) is 42.5 Å². The predicted octanol–water partition coefficient (Wildman–Crippen LogP) is 2.99. The van der Waals surface area contributed by atoms with Gasteiger partial charge in [-0.05, 0) is 0 Å². The first-order valence-corrected chi connectivity index (χ1v) is 7.78. The fourth-order valence-electron chi connectivity index (χ4n) is 1.62. The first kappa shape index (κ1) is 13.6. The topological polar surface area (TPSA) is 0 Å². The normalized spacial score (nSPS) is 10.4. The van der Waals surface area contributed by atoms with Gasteiger partial charge in [0.25, 0.3) is 0 Å². The minimum atomic E-state index is -1.30. The molecule has 0 aliphatic carbocycles. The SMILES string of the molecule is C=C([CH2-])C[Si](C)(C)c1ccccc1.[Cu+]. The van der Waals surface area contributed by atoms with Crippen molar-refractivity contribution in [2.24, 2.45) is 0 Å². The molecule has 0 bridgehead atoms. The minimum absolute atomic E-state index is 0. The molecule has 1 rings (SSSR count). The Hall–Kier alpha value is -0.434.